The average molecular weight is 268 g/mol. The predicted octanol–water partition coefficient (Wildman–Crippen LogP) is 1.68. The highest BCUT2D eigenvalue weighted by Crippen LogP contribution is 2.21. The van der Waals surface area contributed by atoms with E-state index in [1.807, 2.05) is 0 Å². The Bertz CT molecular complexity index is 818. The van der Waals surface area contributed by atoms with Crippen LogP contribution in [0, 0.1) is 0 Å². The molecule has 0 bridgehead atoms. The summed E-state index contributed by atoms with van der Waals surface area (Å²) in [5.41, 5.74) is -0.0560. The van der Waals surface area contributed by atoms with Gasteiger partial charge in [0.2, 0.25) is 5.78 Å². The molecule has 1 aromatic carbocycles. The van der Waals surface area contributed by atoms with Crippen LogP contribution in [0.5, 0.6) is 0 Å². The maximum absolute atomic E-state index is 12.5. The molecule has 0 atom stereocenters. The molecule has 5 nitrogen and oxygen atoms in total. The van der Waals surface area contributed by atoms with E-state index in [4.69, 9.17) is 0 Å². The van der Waals surface area contributed by atoms with Crippen LogP contribution in [0.1, 0.15) is 5.82 Å². The SMILES string of the molecule is O=c1[nH]c2nnc(CC(F)(F)F)n2c2ccccc12. The molecule has 0 aliphatic rings. The highest BCUT2D eigenvalue weighted by Gasteiger charge is 2.31. The molecule has 3 aromatic rings. The summed E-state index contributed by atoms with van der Waals surface area (Å²) in [6.45, 7) is 0. The van der Waals surface area contributed by atoms with E-state index in [1.165, 1.54) is 10.5 Å². The molecule has 2 heterocycles. The Hall–Kier alpha value is -2.38. The number of hydrogen-bond donors (Lipinski definition) is 1. The third-order valence-electron chi connectivity index (χ3n) is 2.70. The van der Waals surface area contributed by atoms with Crippen LogP contribution >= 0.6 is 0 Å². The first kappa shape index (κ1) is 11.7. The summed E-state index contributed by atoms with van der Waals surface area (Å²) >= 11 is 0. The molecule has 19 heavy (non-hydrogen) atoms. The van der Waals surface area contributed by atoms with Gasteiger partial charge in [-0.25, -0.2) is 0 Å². The number of halogens is 3. The standard InChI is InChI=1S/C11H7F3N4O/c12-11(13,14)5-8-16-17-10-15-9(19)6-3-1-2-4-7(6)18(8)10/h1-4H,5H2,(H,15,17,19). The Kier molecular flexibility index (Phi) is 2.34. The minimum atomic E-state index is -4.39. The van der Waals surface area contributed by atoms with Gasteiger partial charge in [-0.2, -0.15) is 13.2 Å². The van der Waals surface area contributed by atoms with E-state index >= 15 is 0 Å². The van der Waals surface area contributed by atoms with E-state index < -0.39 is 18.2 Å². The van der Waals surface area contributed by atoms with Gasteiger partial charge in [-0.05, 0) is 12.1 Å². The fourth-order valence-electron chi connectivity index (χ4n) is 1.97. The highest BCUT2D eigenvalue weighted by atomic mass is 19.4. The van der Waals surface area contributed by atoms with Crippen LogP contribution in [-0.4, -0.2) is 25.8 Å². The van der Waals surface area contributed by atoms with E-state index in [2.05, 4.69) is 15.2 Å². The number of H-pyrrole nitrogens is 1. The zero-order chi connectivity index (χ0) is 13.6. The van der Waals surface area contributed by atoms with Crippen LogP contribution in [-0.2, 0) is 6.42 Å². The molecule has 0 radical (unpaired) electrons. The van der Waals surface area contributed by atoms with Crippen molar-refractivity contribution < 1.29 is 13.2 Å². The van der Waals surface area contributed by atoms with Crippen molar-refractivity contribution in [2.24, 2.45) is 0 Å². The fraction of sp³-hybridized carbons (Fsp3) is 0.182. The maximum atomic E-state index is 12.5. The first-order valence-corrected chi connectivity index (χ1v) is 5.37. The molecule has 0 spiro atoms. The molecule has 0 fully saturated rings. The third kappa shape index (κ3) is 1.94. The van der Waals surface area contributed by atoms with Crippen molar-refractivity contribution in [2.75, 3.05) is 0 Å². The second-order valence-electron chi connectivity index (χ2n) is 4.04. The Labute approximate surface area is 103 Å². The van der Waals surface area contributed by atoms with Crippen LogP contribution < -0.4 is 5.56 Å². The molecule has 8 heteroatoms. The zero-order valence-corrected chi connectivity index (χ0v) is 9.40. The number of hydrogen-bond acceptors (Lipinski definition) is 3. The van der Waals surface area contributed by atoms with Gasteiger partial charge in [0.15, 0.2) is 0 Å². The molecule has 0 aliphatic carbocycles. The number of aromatic nitrogens is 4. The maximum Gasteiger partial charge on any atom is 0.396 e. The minimum Gasteiger partial charge on any atom is -0.290 e. The van der Waals surface area contributed by atoms with E-state index in [-0.39, 0.29) is 11.6 Å². The van der Waals surface area contributed by atoms with E-state index in [9.17, 15) is 18.0 Å². The summed E-state index contributed by atoms with van der Waals surface area (Å²) in [7, 11) is 0. The first-order valence-electron chi connectivity index (χ1n) is 5.37. The van der Waals surface area contributed by atoms with E-state index in [0.29, 0.717) is 10.9 Å². The van der Waals surface area contributed by atoms with Gasteiger partial charge in [0.25, 0.3) is 5.56 Å². The number of para-hydroxylation sites is 1. The molecule has 0 aliphatic heterocycles. The molecule has 1 N–H and O–H groups in total. The van der Waals surface area contributed by atoms with Crippen molar-refractivity contribution in [2.45, 2.75) is 12.6 Å². The lowest BCUT2D eigenvalue weighted by molar-refractivity contribution is -0.128. The lowest BCUT2D eigenvalue weighted by Crippen LogP contribution is -2.16. The zero-order valence-electron chi connectivity index (χ0n) is 9.40. The van der Waals surface area contributed by atoms with Gasteiger partial charge in [0.1, 0.15) is 12.2 Å². The second-order valence-corrected chi connectivity index (χ2v) is 4.04. The number of nitrogens with zero attached hydrogens (tertiary/aromatic N) is 3. The lowest BCUT2D eigenvalue weighted by Gasteiger charge is -2.06. The van der Waals surface area contributed by atoms with Crippen molar-refractivity contribution in [1.82, 2.24) is 19.6 Å². The summed E-state index contributed by atoms with van der Waals surface area (Å²) < 4.78 is 38.6. The fourth-order valence-corrected chi connectivity index (χ4v) is 1.97. The topological polar surface area (TPSA) is 63.0 Å². The molecule has 0 saturated heterocycles. The summed E-state index contributed by atoms with van der Waals surface area (Å²) in [6, 6.07) is 6.36. The van der Waals surface area contributed by atoms with Crippen molar-refractivity contribution >= 4 is 16.7 Å². The van der Waals surface area contributed by atoms with E-state index in [1.54, 1.807) is 18.2 Å². The van der Waals surface area contributed by atoms with Crippen molar-refractivity contribution in [3.05, 3.63) is 40.4 Å². The summed E-state index contributed by atoms with van der Waals surface area (Å²) in [6.07, 6.45) is -5.59. The van der Waals surface area contributed by atoms with Crippen molar-refractivity contribution in [3.63, 3.8) is 0 Å². The summed E-state index contributed by atoms with van der Waals surface area (Å²) in [5, 5.41) is 7.36. The Morgan fingerprint density at radius 1 is 1.21 bits per heavy atom. The summed E-state index contributed by atoms with van der Waals surface area (Å²) in [5.74, 6) is -0.252. The van der Waals surface area contributed by atoms with Crippen LogP contribution in [0.15, 0.2) is 29.1 Å². The van der Waals surface area contributed by atoms with Crippen molar-refractivity contribution in [1.29, 1.82) is 0 Å². The Morgan fingerprint density at radius 3 is 2.68 bits per heavy atom. The third-order valence-corrected chi connectivity index (χ3v) is 2.70. The van der Waals surface area contributed by atoms with Crippen LogP contribution in [0.25, 0.3) is 16.7 Å². The largest absolute Gasteiger partial charge is 0.396 e. The molecule has 2 aromatic heterocycles. The molecular weight excluding hydrogens is 261 g/mol. The van der Waals surface area contributed by atoms with Gasteiger partial charge >= 0.3 is 6.18 Å². The molecule has 0 saturated carbocycles. The number of alkyl halides is 3. The quantitative estimate of drug-likeness (QED) is 0.730. The van der Waals surface area contributed by atoms with Gasteiger partial charge in [-0.3, -0.25) is 14.2 Å². The van der Waals surface area contributed by atoms with Gasteiger partial charge in [0.05, 0.1) is 10.9 Å². The van der Waals surface area contributed by atoms with E-state index in [0.717, 1.165) is 0 Å². The van der Waals surface area contributed by atoms with Crippen molar-refractivity contribution in [3.8, 4) is 0 Å². The molecule has 0 amide bonds. The minimum absolute atomic E-state index is 0.00273. The van der Waals surface area contributed by atoms with Crippen LogP contribution in [0.3, 0.4) is 0 Å². The van der Waals surface area contributed by atoms with Gasteiger partial charge in [-0.15, -0.1) is 10.2 Å². The molecule has 3 rings (SSSR count). The number of rotatable bonds is 1. The summed E-state index contributed by atoms with van der Waals surface area (Å²) in [4.78, 5) is 14.1. The van der Waals surface area contributed by atoms with Gasteiger partial charge in [-0.1, -0.05) is 12.1 Å². The molecular formula is C11H7F3N4O. The monoisotopic (exact) mass is 268 g/mol. The van der Waals surface area contributed by atoms with Gasteiger partial charge < -0.3 is 0 Å². The number of fused-ring (bicyclic) bond motifs is 3. The normalized spacial score (nSPS) is 12.4. The van der Waals surface area contributed by atoms with Gasteiger partial charge in [0, 0.05) is 0 Å². The Balaban J connectivity index is 2.38. The Morgan fingerprint density at radius 2 is 1.95 bits per heavy atom. The smallest absolute Gasteiger partial charge is 0.290 e. The number of nitrogens with one attached hydrogen (secondary N) is 1. The number of aromatic amines is 1. The predicted molar refractivity (Wildman–Crippen MR) is 60.9 cm³/mol. The lowest BCUT2D eigenvalue weighted by atomic mass is 10.2. The molecule has 98 valence electrons. The number of benzene rings is 1. The molecule has 0 unspecified atom stereocenters. The second kappa shape index (κ2) is 3.81. The first-order chi connectivity index (χ1) is 8.96. The average Bonchev–Trinajstić information content (AvgIpc) is 2.70. The highest BCUT2D eigenvalue weighted by molar-refractivity contribution is 5.79. The van der Waals surface area contributed by atoms with Crippen LogP contribution in [0.4, 0.5) is 13.2 Å². The van der Waals surface area contributed by atoms with Crippen LogP contribution in [0.2, 0.25) is 0 Å².